The van der Waals surface area contributed by atoms with E-state index in [9.17, 15) is 0 Å². The van der Waals surface area contributed by atoms with Crippen molar-refractivity contribution in [2.75, 3.05) is 0 Å². The third-order valence-electron chi connectivity index (χ3n) is 4.27. The molecule has 1 fully saturated rings. The van der Waals surface area contributed by atoms with Gasteiger partial charge in [-0.15, -0.1) is 10.2 Å². The van der Waals surface area contributed by atoms with Crippen LogP contribution in [0.3, 0.4) is 0 Å². The number of nitrogens with zero attached hydrogens (tertiary/aromatic N) is 3. The van der Waals surface area contributed by atoms with Crippen molar-refractivity contribution < 1.29 is 0 Å². The van der Waals surface area contributed by atoms with Gasteiger partial charge >= 0.3 is 0 Å². The van der Waals surface area contributed by atoms with Crippen LogP contribution in [0.5, 0.6) is 0 Å². The molecule has 1 aliphatic rings. The van der Waals surface area contributed by atoms with E-state index < -0.39 is 0 Å². The van der Waals surface area contributed by atoms with Crippen molar-refractivity contribution in [1.29, 1.82) is 0 Å². The largest absolute Gasteiger partial charge is 0.310 e. The zero-order valence-electron chi connectivity index (χ0n) is 12.6. The van der Waals surface area contributed by atoms with E-state index in [4.69, 9.17) is 23.2 Å². The zero-order chi connectivity index (χ0) is 16.0. The second-order valence-electron chi connectivity index (χ2n) is 5.89. The van der Waals surface area contributed by atoms with Gasteiger partial charge in [0.1, 0.15) is 0 Å². The Morgan fingerprint density at radius 1 is 0.957 bits per heavy atom. The first-order valence-corrected chi connectivity index (χ1v) is 8.35. The minimum atomic E-state index is 0.579. The number of halogens is 2. The topological polar surface area (TPSA) is 30.7 Å². The van der Waals surface area contributed by atoms with E-state index in [0.29, 0.717) is 16.0 Å². The maximum atomic E-state index is 6.32. The van der Waals surface area contributed by atoms with Crippen molar-refractivity contribution in [1.82, 2.24) is 14.8 Å². The van der Waals surface area contributed by atoms with Crippen molar-refractivity contribution in [2.45, 2.75) is 18.8 Å². The summed E-state index contributed by atoms with van der Waals surface area (Å²) < 4.78 is 2.00. The summed E-state index contributed by atoms with van der Waals surface area (Å²) in [6.45, 7) is 0. The fourth-order valence-corrected chi connectivity index (χ4v) is 3.41. The standard InChI is InChI=1S/C18H15Cl2N3/c1-23-17(14-5-3-2-4-13(14)11-6-7-11)21-22-18(23)15-9-8-12(19)10-16(15)20/h2-5,8-11H,6-7H2,1H3. The maximum absolute atomic E-state index is 6.32. The maximum Gasteiger partial charge on any atom is 0.165 e. The van der Waals surface area contributed by atoms with E-state index in [1.807, 2.05) is 29.8 Å². The number of hydrogen-bond acceptors (Lipinski definition) is 2. The Morgan fingerprint density at radius 2 is 1.65 bits per heavy atom. The van der Waals surface area contributed by atoms with Crippen LogP contribution in [0.4, 0.5) is 0 Å². The first-order valence-electron chi connectivity index (χ1n) is 7.59. The van der Waals surface area contributed by atoms with Gasteiger partial charge in [-0.3, -0.25) is 0 Å². The molecule has 1 aromatic heterocycles. The van der Waals surface area contributed by atoms with Crippen LogP contribution in [0.25, 0.3) is 22.8 Å². The average Bonchev–Trinajstić information content (AvgIpc) is 3.32. The molecule has 0 radical (unpaired) electrons. The molecule has 0 aliphatic heterocycles. The van der Waals surface area contributed by atoms with Crippen LogP contribution in [0.1, 0.15) is 24.3 Å². The summed E-state index contributed by atoms with van der Waals surface area (Å²) in [6, 6.07) is 13.9. The molecule has 0 unspecified atom stereocenters. The Morgan fingerprint density at radius 3 is 2.35 bits per heavy atom. The van der Waals surface area contributed by atoms with Crippen LogP contribution in [0.2, 0.25) is 10.0 Å². The predicted octanol–water partition coefficient (Wildman–Crippen LogP) is 5.33. The molecule has 3 aromatic rings. The van der Waals surface area contributed by atoms with Gasteiger partial charge in [0.2, 0.25) is 0 Å². The Hall–Kier alpha value is -1.84. The lowest BCUT2D eigenvalue weighted by atomic mass is 10.0. The van der Waals surface area contributed by atoms with Crippen LogP contribution in [0.15, 0.2) is 42.5 Å². The summed E-state index contributed by atoms with van der Waals surface area (Å²) in [5.41, 5.74) is 3.35. The molecule has 3 nitrogen and oxygen atoms in total. The van der Waals surface area contributed by atoms with E-state index in [1.54, 1.807) is 6.07 Å². The van der Waals surface area contributed by atoms with Gasteiger partial charge in [-0.1, -0.05) is 47.5 Å². The van der Waals surface area contributed by atoms with Gasteiger partial charge in [0.15, 0.2) is 11.6 Å². The lowest BCUT2D eigenvalue weighted by Crippen LogP contribution is -1.98. The van der Waals surface area contributed by atoms with Gasteiger partial charge in [0.05, 0.1) is 5.02 Å². The molecule has 23 heavy (non-hydrogen) atoms. The van der Waals surface area contributed by atoms with Crippen molar-refractivity contribution in [3.05, 3.63) is 58.1 Å². The lowest BCUT2D eigenvalue weighted by molar-refractivity contribution is 0.925. The van der Waals surface area contributed by atoms with E-state index in [1.165, 1.54) is 18.4 Å². The first kappa shape index (κ1) is 14.7. The Balaban J connectivity index is 1.83. The van der Waals surface area contributed by atoms with Crippen LogP contribution in [-0.2, 0) is 7.05 Å². The molecule has 4 rings (SSSR count). The highest BCUT2D eigenvalue weighted by molar-refractivity contribution is 6.36. The van der Waals surface area contributed by atoms with E-state index >= 15 is 0 Å². The molecular weight excluding hydrogens is 329 g/mol. The molecule has 5 heteroatoms. The molecule has 1 heterocycles. The molecule has 1 aliphatic carbocycles. The highest BCUT2D eigenvalue weighted by Crippen LogP contribution is 2.44. The van der Waals surface area contributed by atoms with Gasteiger partial charge in [0, 0.05) is 23.2 Å². The van der Waals surface area contributed by atoms with Crippen LogP contribution < -0.4 is 0 Å². The number of aromatic nitrogens is 3. The quantitative estimate of drug-likeness (QED) is 0.643. The Labute approximate surface area is 144 Å². The second-order valence-corrected chi connectivity index (χ2v) is 6.74. The number of hydrogen-bond donors (Lipinski definition) is 0. The predicted molar refractivity (Wildman–Crippen MR) is 93.9 cm³/mol. The molecular formula is C18H15Cl2N3. The summed E-state index contributed by atoms with van der Waals surface area (Å²) in [4.78, 5) is 0. The summed E-state index contributed by atoms with van der Waals surface area (Å²) in [5, 5.41) is 9.97. The van der Waals surface area contributed by atoms with Crippen LogP contribution in [0, 0.1) is 0 Å². The lowest BCUT2D eigenvalue weighted by Gasteiger charge is -2.09. The van der Waals surface area contributed by atoms with Gasteiger partial charge in [-0.25, -0.2) is 0 Å². The fraction of sp³-hybridized carbons (Fsp3) is 0.222. The molecule has 0 spiro atoms. The van der Waals surface area contributed by atoms with Crippen molar-refractivity contribution in [3.8, 4) is 22.8 Å². The minimum absolute atomic E-state index is 0.579. The van der Waals surface area contributed by atoms with Crippen LogP contribution in [-0.4, -0.2) is 14.8 Å². The SMILES string of the molecule is Cn1c(-c2ccc(Cl)cc2Cl)nnc1-c1ccccc1C1CC1. The van der Waals surface area contributed by atoms with E-state index in [0.717, 1.165) is 22.8 Å². The second kappa shape index (κ2) is 5.66. The molecule has 0 atom stereocenters. The summed E-state index contributed by atoms with van der Waals surface area (Å²) in [7, 11) is 1.97. The highest BCUT2D eigenvalue weighted by Gasteiger charge is 2.27. The summed E-state index contributed by atoms with van der Waals surface area (Å²) in [5.74, 6) is 2.27. The van der Waals surface area contributed by atoms with Gasteiger partial charge in [-0.2, -0.15) is 0 Å². The van der Waals surface area contributed by atoms with Crippen molar-refractivity contribution in [2.24, 2.45) is 7.05 Å². The third-order valence-corrected chi connectivity index (χ3v) is 4.81. The normalized spacial score (nSPS) is 14.2. The fourth-order valence-electron chi connectivity index (χ4n) is 2.92. The van der Waals surface area contributed by atoms with Gasteiger partial charge < -0.3 is 4.57 Å². The number of benzene rings is 2. The molecule has 2 aromatic carbocycles. The summed E-state index contributed by atoms with van der Waals surface area (Å²) in [6.07, 6.45) is 2.51. The molecule has 116 valence electrons. The summed E-state index contributed by atoms with van der Waals surface area (Å²) >= 11 is 12.3. The smallest absolute Gasteiger partial charge is 0.165 e. The highest BCUT2D eigenvalue weighted by atomic mass is 35.5. The molecule has 0 bridgehead atoms. The van der Waals surface area contributed by atoms with E-state index in [2.05, 4.69) is 28.4 Å². The molecule has 1 saturated carbocycles. The average molecular weight is 344 g/mol. The van der Waals surface area contributed by atoms with Gasteiger partial charge in [-0.05, 0) is 42.5 Å². The minimum Gasteiger partial charge on any atom is -0.310 e. The zero-order valence-corrected chi connectivity index (χ0v) is 14.1. The third kappa shape index (κ3) is 2.64. The molecule has 0 amide bonds. The van der Waals surface area contributed by atoms with Crippen molar-refractivity contribution in [3.63, 3.8) is 0 Å². The first-order chi connectivity index (χ1) is 11.1. The monoisotopic (exact) mass is 343 g/mol. The van der Waals surface area contributed by atoms with Crippen LogP contribution >= 0.6 is 23.2 Å². The van der Waals surface area contributed by atoms with E-state index in [-0.39, 0.29) is 0 Å². The Bertz CT molecular complexity index is 882. The number of rotatable bonds is 3. The molecule has 0 N–H and O–H groups in total. The molecule has 0 saturated heterocycles. The van der Waals surface area contributed by atoms with Gasteiger partial charge in [0.25, 0.3) is 0 Å². The Kier molecular flexibility index (Phi) is 3.63. The van der Waals surface area contributed by atoms with Crippen molar-refractivity contribution >= 4 is 23.2 Å².